The van der Waals surface area contributed by atoms with Gasteiger partial charge in [0.2, 0.25) is 0 Å². The van der Waals surface area contributed by atoms with Gasteiger partial charge in [0, 0.05) is 34.9 Å². The Morgan fingerprint density at radius 2 is 1.68 bits per heavy atom. The molecule has 1 fully saturated rings. The van der Waals surface area contributed by atoms with Crippen molar-refractivity contribution in [1.82, 2.24) is 0 Å². The predicted molar refractivity (Wildman–Crippen MR) is 131 cm³/mol. The number of ether oxygens (including phenoxy) is 2. The number of allylic oxidation sites excluding steroid dienone is 2. The standard InChI is InChI=1S/C29H31NO4/c1-18-26(29(32)34-21-12-6-7-13-21)27(22-14-8-9-15-25(22)33-2)28-23(30-18)16-20(17-24(28)31)19-10-4-3-5-11-19/h3-5,8-11,14-15,20-21,26-27H,6-7,12-13,16-17H2,1-2H3/t20-,26?,27+/m0/s1. The number of ketones is 1. The quantitative estimate of drug-likeness (QED) is 0.536. The smallest absolute Gasteiger partial charge is 0.315 e. The fraction of sp³-hybridized carbons (Fsp3) is 0.414. The minimum absolute atomic E-state index is 0.0430. The van der Waals surface area contributed by atoms with Gasteiger partial charge in [-0.05, 0) is 56.6 Å². The first-order valence-electron chi connectivity index (χ1n) is 12.3. The maximum Gasteiger partial charge on any atom is 0.315 e. The number of para-hydroxylation sites is 1. The summed E-state index contributed by atoms with van der Waals surface area (Å²) in [6.07, 6.45) is 5.02. The zero-order chi connectivity index (χ0) is 23.7. The van der Waals surface area contributed by atoms with Gasteiger partial charge >= 0.3 is 5.97 Å². The number of nitrogens with zero attached hydrogens (tertiary/aromatic N) is 1. The van der Waals surface area contributed by atoms with Gasteiger partial charge in [-0.1, -0.05) is 48.5 Å². The van der Waals surface area contributed by atoms with Gasteiger partial charge in [0.05, 0.1) is 7.11 Å². The summed E-state index contributed by atoms with van der Waals surface area (Å²) < 4.78 is 11.6. The Hall–Kier alpha value is -3.21. The van der Waals surface area contributed by atoms with E-state index in [0.717, 1.165) is 42.5 Å². The topological polar surface area (TPSA) is 65.0 Å². The summed E-state index contributed by atoms with van der Waals surface area (Å²) in [6, 6.07) is 17.8. The van der Waals surface area contributed by atoms with E-state index < -0.39 is 11.8 Å². The number of carbonyl (C=O) groups excluding carboxylic acids is 2. The molecule has 176 valence electrons. The minimum Gasteiger partial charge on any atom is -0.496 e. The number of hydrogen-bond acceptors (Lipinski definition) is 5. The summed E-state index contributed by atoms with van der Waals surface area (Å²) >= 11 is 0. The first-order chi connectivity index (χ1) is 16.6. The molecule has 0 radical (unpaired) electrons. The summed E-state index contributed by atoms with van der Waals surface area (Å²) in [7, 11) is 1.62. The lowest BCUT2D eigenvalue weighted by atomic mass is 9.69. The highest BCUT2D eigenvalue weighted by Gasteiger charge is 2.46. The van der Waals surface area contributed by atoms with Crippen LogP contribution in [0.1, 0.15) is 68.4 Å². The molecule has 0 amide bonds. The third-order valence-corrected chi connectivity index (χ3v) is 7.47. The maximum atomic E-state index is 13.7. The Morgan fingerprint density at radius 3 is 2.41 bits per heavy atom. The number of aliphatic imine (C=N–C) groups is 1. The molecular formula is C29H31NO4. The maximum absolute atomic E-state index is 13.7. The molecule has 2 aliphatic carbocycles. The van der Waals surface area contributed by atoms with Gasteiger partial charge in [-0.2, -0.15) is 0 Å². The molecule has 0 saturated heterocycles. The molecule has 0 spiro atoms. The Bertz CT molecular complexity index is 1140. The van der Waals surface area contributed by atoms with E-state index in [1.165, 1.54) is 0 Å². The van der Waals surface area contributed by atoms with Crippen LogP contribution in [0.25, 0.3) is 0 Å². The fourth-order valence-corrected chi connectivity index (χ4v) is 5.83. The molecule has 34 heavy (non-hydrogen) atoms. The van der Waals surface area contributed by atoms with Crippen LogP contribution >= 0.6 is 0 Å². The number of hydrogen-bond donors (Lipinski definition) is 0. The third kappa shape index (κ3) is 4.20. The highest BCUT2D eigenvalue weighted by molar-refractivity contribution is 6.09. The minimum atomic E-state index is -0.632. The molecule has 1 heterocycles. The number of rotatable bonds is 5. The molecule has 2 aromatic rings. The normalized spacial score (nSPS) is 25.1. The molecular weight excluding hydrogens is 426 g/mol. The second kappa shape index (κ2) is 9.57. The van der Waals surface area contributed by atoms with E-state index in [4.69, 9.17) is 14.5 Å². The lowest BCUT2D eigenvalue weighted by Crippen LogP contribution is -2.39. The Balaban J connectivity index is 1.57. The van der Waals surface area contributed by atoms with E-state index in [2.05, 4.69) is 12.1 Å². The van der Waals surface area contributed by atoms with Crippen molar-refractivity contribution in [3.05, 3.63) is 77.0 Å². The van der Waals surface area contributed by atoms with Crippen LogP contribution in [0.15, 0.2) is 70.9 Å². The van der Waals surface area contributed by atoms with Crippen molar-refractivity contribution in [2.45, 2.75) is 63.4 Å². The van der Waals surface area contributed by atoms with E-state index in [0.29, 0.717) is 29.9 Å². The van der Waals surface area contributed by atoms with Crippen molar-refractivity contribution >= 4 is 17.5 Å². The Morgan fingerprint density at radius 1 is 0.971 bits per heavy atom. The van der Waals surface area contributed by atoms with Crippen molar-refractivity contribution in [1.29, 1.82) is 0 Å². The molecule has 0 aromatic heterocycles. The first kappa shape index (κ1) is 22.6. The van der Waals surface area contributed by atoms with Crippen LogP contribution in [0.3, 0.4) is 0 Å². The molecule has 0 bridgehead atoms. The second-order valence-corrected chi connectivity index (χ2v) is 9.59. The number of benzene rings is 2. The molecule has 1 unspecified atom stereocenters. The molecule has 5 rings (SSSR count). The van der Waals surface area contributed by atoms with Gasteiger partial charge < -0.3 is 9.47 Å². The van der Waals surface area contributed by atoms with Crippen molar-refractivity contribution in [3.8, 4) is 5.75 Å². The molecule has 5 nitrogen and oxygen atoms in total. The average Bonchev–Trinajstić information content (AvgIpc) is 3.36. The van der Waals surface area contributed by atoms with Gasteiger partial charge in [0.15, 0.2) is 5.78 Å². The van der Waals surface area contributed by atoms with Crippen LogP contribution in [0.2, 0.25) is 0 Å². The zero-order valence-electron chi connectivity index (χ0n) is 19.8. The van der Waals surface area contributed by atoms with E-state index in [9.17, 15) is 9.59 Å². The van der Waals surface area contributed by atoms with Crippen LogP contribution in [0, 0.1) is 5.92 Å². The van der Waals surface area contributed by atoms with Crippen LogP contribution in [0.4, 0.5) is 0 Å². The van der Waals surface area contributed by atoms with E-state index in [-0.39, 0.29) is 23.8 Å². The SMILES string of the molecule is COc1ccccc1[C@H]1C2=C(C[C@H](c3ccccc3)CC2=O)N=C(C)C1C(=O)OC1CCCC1. The van der Waals surface area contributed by atoms with Gasteiger partial charge in [-0.3, -0.25) is 14.6 Å². The molecule has 1 saturated carbocycles. The third-order valence-electron chi connectivity index (χ3n) is 7.47. The lowest BCUT2D eigenvalue weighted by molar-refractivity contribution is -0.151. The molecule has 1 aliphatic heterocycles. The first-order valence-corrected chi connectivity index (χ1v) is 12.3. The Labute approximate surface area is 200 Å². The van der Waals surface area contributed by atoms with Gasteiger partial charge in [0.1, 0.15) is 17.8 Å². The zero-order valence-corrected chi connectivity index (χ0v) is 19.8. The van der Waals surface area contributed by atoms with Crippen molar-refractivity contribution in [2.75, 3.05) is 7.11 Å². The summed E-state index contributed by atoms with van der Waals surface area (Å²) in [5, 5.41) is 0. The number of esters is 1. The summed E-state index contributed by atoms with van der Waals surface area (Å²) in [5.74, 6) is -0.556. The molecule has 3 atom stereocenters. The number of carbonyl (C=O) groups is 2. The average molecular weight is 458 g/mol. The molecule has 5 heteroatoms. The van der Waals surface area contributed by atoms with Crippen molar-refractivity contribution in [2.24, 2.45) is 10.9 Å². The van der Waals surface area contributed by atoms with Crippen LogP contribution in [0.5, 0.6) is 5.75 Å². The van der Waals surface area contributed by atoms with Crippen molar-refractivity contribution < 1.29 is 19.1 Å². The summed E-state index contributed by atoms with van der Waals surface area (Å²) in [4.78, 5) is 32.1. The second-order valence-electron chi connectivity index (χ2n) is 9.59. The largest absolute Gasteiger partial charge is 0.496 e. The number of Topliss-reactive ketones (excluding diaryl/α,β-unsaturated/α-hetero) is 1. The van der Waals surface area contributed by atoms with Crippen LogP contribution in [-0.2, 0) is 14.3 Å². The Kier molecular flexibility index (Phi) is 6.36. The van der Waals surface area contributed by atoms with E-state index >= 15 is 0 Å². The lowest BCUT2D eigenvalue weighted by Gasteiger charge is -2.37. The van der Waals surface area contributed by atoms with Gasteiger partial charge in [0.25, 0.3) is 0 Å². The summed E-state index contributed by atoms with van der Waals surface area (Å²) in [6.45, 7) is 1.89. The highest BCUT2D eigenvalue weighted by atomic mass is 16.5. The molecule has 0 N–H and O–H groups in total. The van der Waals surface area contributed by atoms with Gasteiger partial charge in [-0.25, -0.2) is 0 Å². The number of methoxy groups -OCH3 is 1. The monoisotopic (exact) mass is 457 g/mol. The molecule has 3 aliphatic rings. The van der Waals surface area contributed by atoms with Crippen LogP contribution in [-0.4, -0.2) is 30.7 Å². The van der Waals surface area contributed by atoms with Crippen molar-refractivity contribution in [3.63, 3.8) is 0 Å². The molecule has 2 aromatic carbocycles. The predicted octanol–water partition coefficient (Wildman–Crippen LogP) is 5.76. The van der Waals surface area contributed by atoms with Gasteiger partial charge in [-0.15, -0.1) is 0 Å². The summed E-state index contributed by atoms with van der Waals surface area (Å²) in [5.41, 5.74) is 4.14. The van der Waals surface area contributed by atoms with E-state index in [1.54, 1.807) is 7.11 Å². The van der Waals surface area contributed by atoms with Crippen LogP contribution < -0.4 is 4.74 Å². The van der Waals surface area contributed by atoms with E-state index in [1.807, 2.05) is 49.4 Å². The highest BCUT2D eigenvalue weighted by Crippen LogP contribution is 2.48. The fourth-order valence-electron chi connectivity index (χ4n) is 5.83.